The first-order valence-electron chi connectivity index (χ1n) is 7.45. The smallest absolute Gasteiger partial charge is 0.0948 e. The van der Waals surface area contributed by atoms with E-state index >= 15 is 0 Å². The molecule has 20 heavy (non-hydrogen) atoms. The van der Waals surface area contributed by atoms with Crippen molar-refractivity contribution in [1.29, 1.82) is 0 Å². The van der Waals surface area contributed by atoms with E-state index in [1.165, 1.54) is 0 Å². The third-order valence-corrected chi connectivity index (χ3v) is 4.43. The van der Waals surface area contributed by atoms with Gasteiger partial charge in [-0.1, -0.05) is 51.1 Å². The fourth-order valence-corrected chi connectivity index (χ4v) is 3.32. The number of piperidine rings is 1. The van der Waals surface area contributed by atoms with E-state index < -0.39 is 5.60 Å². The second-order valence-corrected chi connectivity index (χ2v) is 6.59. The molecule has 0 bridgehead atoms. The molecule has 1 saturated heterocycles. The molecule has 1 aliphatic heterocycles. The molecule has 0 amide bonds. The van der Waals surface area contributed by atoms with Gasteiger partial charge in [-0.05, 0) is 24.8 Å². The molecule has 0 spiro atoms. The van der Waals surface area contributed by atoms with E-state index in [2.05, 4.69) is 44.7 Å². The molecule has 2 nitrogen and oxygen atoms in total. The van der Waals surface area contributed by atoms with Gasteiger partial charge in [0.25, 0.3) is 0 Å². The van der Waals surface area contributed by atoms with Gasteiger partial charge in [-0.15, -0.1) is 12.4 Å². The van der Waals surface area contributed by atoms with Crippen molar-refractivity contribution < 1.29 is 5.11 Å². The monoisotopic (exact) mass is 297 g/mol. The average Bonchev–Trinajstić information content (AvgIpc) is 2.36. The molecule has 114 valence electrons. The summed E-state index contributed by atoms with van der Waals surface area (Å²) in [6, 6.07) is 10.6. The Hall–Kier alpha value is -0.570. The summed E-state index contributed by atoms with van der Waals surface area (Å²) in [6.07, 6.45) is 0.824. The van der Waals surface area contributed by atoms with Crippen molar-refractivity contribution >= 4 is 12.4 Å². The lowest BCUT2D eigenvalue weighted by molar-refractivity contribution is -0.0925. The zero-order chi connectivity index (χ0) is 14.0. The number of hydrogen-bond donors (Lipinski definition) is 1. The SMILES string of the molecule is CC(C)CN1CC(C)C(O)(c2ccccc2)CC1C.Cl. The highest BCUT2D eigenvalue weighted by atomic mass is 35.5. The molecule has 0 saturated carbocycles. The van der Waals surface area contributed by atoms with Crippen molar-refractivity contribution in [2.45, 2.75) is 45.8 Å². The highest BCUT2D eigenvalue weighted by Crippen LogP contribution is 2.39. The number of benzene rings is 1. The molecule has 1 fully saturated rings. The molecule has 1 heterocycles. The Morgan fingerprint density at radius 3 is 2.40 bits per heavy atom. The van der Waals surface area contributed by atoms with Gasteiger partial charge in [-0.2, -0.15) is 0 Å². The van der Waals surface area contributed by atoms with Gasteiger partial charge < -0.3 is 5.11 Å². The van der Waals surface area contributed by atoms with Gasteiger partial charge in [0.1, 0.15) is 0 Å². The van der Waals surface area contributed by atoms with Crippen molar-refractivity contribution in [3.63, 3.8) is 0 Å². The van der Waals surface area contributed by atoms with E-state index in [-0.39, 0.29) is 18.3 Å². The van der Waals surface area contributed by atoms with Crippen LogP contribution in [0.2, 0.25) is 0 Å². The van der Waals surface area contributed by atoms with Gasteiger partial charge in [0.15, 0.2) is 0 Å². The van der Waals surface area contributed by atoms with E-state index in [0.29, 0.717) is 12.0 Å². The average molecular weight is 298 g/mol. The Morgan fingerprint density at radius 1 is 1.25 bits per heavy atom. The topological polar surface area (TPSA) is 23.5 Å². The minimum absolute atomic E-state index is 0. The minimum atomic E-state index is -0.672. The molecule has 1 aromatic rings. The highest BCUT2D eigenvalue weighted by Gasteiger charge is 2.43. The Kier molecular flexibility index (Phi) is 6.06. The Bertz CT molecular complexity index is 409. The standard InChI is InChI=1S/C17H27NO.ClH/c1-13(2)11-18-12-14(3)17(19,10-15(18)4)16-8-6-5-7-9-16;/h5-9,13-15,19H,10-12H2,1-4H3;1H. The number of hydrogen-bond acceptors (Lipinski definition) is 2. The van der Waals surface area contributed by atoms with E-state index in [1.54, 1.807) is 0 Å². The first-order chi connectivity index (χ1) is 8.93. The van der Waals surface area contributed by atoms with Crippen LogP contribution in [0.1, 0.15) is 39.7 Å². The number of aliphatic hydroxyl groups is 1. The van der Waals surface area contributed by atoms with Crippen molar-refractivity contribution in [1.82, 2.24) is 4.90 Å². The van der Waals surface area contributed by atoms with Crippen LogP contribution < -0.4 is 0 Å². The summed E-state index contributed by atoms with van der Waals surface area (Å²) in [5.74, 6) is 0.947. The second-order valence-electron chi connectivity index (χ2n) is 6.59. The predicted octanol–water partition coefficient (Wildman–Crippen LogP) is 3.68. The molecule has 0 radical (unpaired) electrons. The van der Waals surface area contributed by atoms with Gasteiger partial charge in [-0.25, -0.2) is 0 Å². The summed E-state index contributed by atoms with van der Waals surface area (Å²) in [6.45, 7) is 11.0. The van der Waals surface area contributed by atoms with Gasteiger partial charge in [-0.3, -0.25) is 4.90 Å². The molecular weight excluding hydrogens is 270 g/mol. The maximum atomic E-state index is 11.1. The van der Waals surface area contributed by atoms with Crippen LogP contribution in [0.25, 0.3) is 0 Å². The lowest BCUT2D eigenvalue weighted by Crippen LogP contribution is -2.53. The number of nitrogens with zero attached hydrogens (tertiary/aromatic N) is 1. The summed E-state index contributed by atoms with van der Waals surface area (Å²) in [7, 11) is 0. The number of likely N-dealkylation sites (tertiary alicyclic amines) is 1. The van der Waals surface area contributed by atoms with Gasteiger partial charge in [0.2, 0.25) is 0 Å². The summed E-state index contributed by atoms with van der Waals surface area (Å²) in [5, 5.41) is 11.1. The van der Waals surface area contributed by atoms with Crippen LogP contribution in [-0.2, 0) is 5.60 Å². The van der Waals surface area contributed by atoms with Gasteiger partial charge in [0.05, 0.1) is 5.60 Å². The summed E-state index contributed by atoms with van der Waals surface area (Å²) < 4.78 is 0. The Balaban J connectivity index is 0.00000200. The molecule has 1 N–H and O–H groups in total. The Morgan fingerprint density at radius 2 is 1.85 bits per heavy atom. The fraction of sp³-hybridized carbons (Fsp3) is 0.647. The number of halogens is 1. The van der Waals surface area contributed by atoms with Crippen LogP contribution in [0, 0.1) is 11.8 Å². The van der Waals surface area contributed by atoms with E-state index in [4.69, 9.17) is 0 Å². The molecule has 3 atom stereocenters. The zero-order valence-corrected chi connectivity index (χ0v) is 13.9. The highest BCUT2D eigenvalue weighted by molar-refractivity contribution is 5.85. The zero-order valence-electron chi connectivity index (χ0n) is 13.0. The van der Waals surface area contributed by atoms with Crippen LogP contribution in [-0.4, -0.2) is 29.1 Å². The van der Waals surface area contributed by atoms with Crippen molar-refractivity contribution in [2.24, 2.45) is 11.8 Å². The molecular formula is C17H28ClNO. The molecule has 3 heteroatoms. The fourth-order valence-electron chi connectivity index (χ4n) is 3.32. The third kappa shape index (κ3) is 3.55. The third-order valence-electron chi connectivity index (χ3n) is 4.43. The summed E-state index contributed by atoms with van der Waals surface area (Å²) in [5.41, 5.74) is 0.396. The van der Waals surface area contributed by atoms with Crippen LogP contribution in [0.4, 0.5) is 0 Å². The van der Waals surface area contributed by atoms with E-state index in [9.17, 15) is 5.11 Å². The normalized spacial score (nSPS) is 31.1. The quantitative estimate of drug-likeness (QED) is 0.920. The summed E-state index contributed by atoms with van der Waals surface area (Å²) in [4.78, 5) is 2.52. The molecule has 2 rings (SSSR count). The first kappa shape index (κ1) is 17.5. The van der Waals surface area contributed by atoms with Gasteiger partial charge >= 0.3 is 0 Å². The molecule has 0 aromatic heterocycles. The van der Waals surface area contributed by atoms with Crippen molar-refractivity contribution in [2.75, 3.05) is 13.1 Å². The van der Waals surface area contributed by atoms with E-state index in [0.717, 1.165) is 25.1 Å². The maximum Gasteiger partial charge on any atom is 0.0948 e. The summed E-state index contributed by atoms with van der Waals surface area (Å²) >= 11 is 0. The second kappa shape index (κ2) is 6.93. The van der Waals surface area contributed by atoms with Crippen molar-refractivity contribution in [3.8, 4) is 0 Å². The molecule has 1 aliphatic rings. The van der Waals surface area contributed by atoms with Crippen LogP contribution in [0.3, 0.4) is 0 Å². The minimum Gasteiger partial charge on any atom is -0.385 e. The van der Waals surface area contributed by atoms with Crippen LogP contribution in [0.5, 0.6) is 0 Å². The van der Waals surface area contributed by atoms with Crippen LogP contribution in [0.15, 0.2) is 30.3 Å². The maximum absolute atomic E-state index is 11.1. The van der Waals surface area contributed by atoms with Gasteiger partial charge in [0, 0.05) is 25.0 Å². The van der Waals surface area contributed by atoms with Crippen molar-refractivity contribution in [3.05, 3.63) is 35.9 Å². The lowest BCUT2D eigenvalue weighted by Gasteiger charge is -2.47. The van der Waals surface area contributed by atoms with E-state index in [1.807, 2.05) is 18.2 Å². The Labute approximate surface area is 129 Å². The largest absolute Gasteiger partial charge is 0.385 e. The molecule has 1 aromatic carbocycles. The molecule has 0 aliphatic carbocycles. The molecule has 3 unspecified atom stereocenters. The lowest BCUT2D eigenvalue weighted by atomic mass is 9.74. The first-order valence-corrected chi connectivity index (χ1v) is 7.45. The predicted molar refractivity (Wildman–Crippen MR) is 87.2 cm³/mol. The van der Waals surface area contributed by atoms with Crippen LogP contribution >= 0.6 is 12.4 Å². The number of rotatable bonds is 3.